The molecule has 4 atom stereocenters. The highest BCUT2D eigenvalue weighted by molar-refractivity contribution is 6.01. The summed E-state index contributed by atoms with van der Waals surface area (Å²) in [7, 11) is 0. The second-order valence-electron chi connectivity index (χ2n) is 10.5. The highest BCUT2D eigenvalue weighted by atomic mass is 16.5. The highest BCUT2D eigenvalue weighted by Crippen LogP contribution is 2.51. The summed E-state index contributed by atoms with van der Waals surface area (Å²) in [6.45, 7) is 9.80. The number of likely N-dealkylation sites (tertiary alicyclic amines) is 1. The molecule has 170 valence electrons. The summed E-state index contributed by atoms with van der Waals surface area (Å²) in [5.41, 5.74) is 5.86. The molecule has 2 N–H and O–H groups in total. The van der Waals surface area contributed by atoms with Crippen molar-refractivity contribution in [1.29, 1.82) is 0 Å². The van der Waals surface area contributed by atoms with E-state index in [0.29, 0.717) is 13.0 Å². The molecule has 2 amide bonds. The first-order valence-electron chi connectivity index (χ1n) is 11.6. The van der Waals surface area contributed by atoms with Crippen LogP contribution in [0.2, 0.25) is 0 Å². The second-order valence-corrected chi connectivity index (χ2v) is 10.5. The zero-order valence-corrected chi connectivity index (χ0v) is 19.3. The van der Waals surface area contributed by atoms with Gasteiger partial charge in [0.25, 0.3) is 0 Å². The van der Waals surface area contributed by atoms with Gasteiger partial charge in [-0.05, 0) is 63.5 Å². The van der Waals surface area contributed by atoms with Crippen LogP contribution in [0.3, 0.4) is 0 Å². The summed E-state index contributed by atoms with van der Waals surface area (Å²) in [6, 6.07) is 7.71. The Kier molecular flexibility index (Phi) is 5.57. The van der Waals surface area contributed by atoms with E-state index in [-0.39, 0.29) is 22.8 Å². The average Bonchev–Trinajstić information content (AvgIpc) is 2.66. The predicted octanol–water partition coefficient (Wildman–Crippen LogP) is 3.98. The molecule has 3 aliphatic rings. The minimum atomic E-state index is -0.841. The van der Waals surface area contributed by atoms with Crippen molar-refractivity contribution in [2.75, 3.05) is 13.2 Å². The van der Waals surface area contributed by atoms with Crippen molar-refractivity contribution in [2.24, 2.45) is 17.1 Å². The molecule has 3 aliphatic heterocycles. The zero-order valence-electron chi connectivity index (χ0n) is 19.3. The number of rotatable bonds is 6. The summed E-state index contributed by atoms with van der Waals surface area (Å²) in [6.07, 6.45) is 5.61. The molecule has 6 nitrogen and oxygen atoms in total. The Morgan fingerprint density at radius 2 is 1.97 bits per heavy atom. The van der Waals surface area contributed by atoms with Crippen LogP contribution in [0.1, 0.15) is 77.7 Å². The number of hydrogen-bond acceptors (Lipinski definition) is 4. The molecule has 0 aliphatic carbocycles. The van der Waals surface area contributed by atoms with E-state index < -0.39 is 17.6 Å². The van der Waals surface area contributed by atoms with Gasteiger partial charge in [-0.2, -0.15) is 0 Å². The Morgan fingerprint density at radius 1 is 1.23 bits per heavy atom. The van der Waals surface area contributed by atoms with Gasteiger partial charge in [0.05, 0.1) is 5.60 Å². The van der Waals surface area contributed by atoms with Crippen LogP contribution in [0.4, 0.5) is 0 Å². The maximum atomic E-state index is 13.6. The van der Waals surface area contributed by atoms with Crippen LogP contribution in [-0.2, 0) is 14.3 Å². The number of carbonyl (C=O) groups is 2. The number of nitrogens with zero attached hydrogens (tertiary/aromatic N) is 1. The largest absolute Gasteiger partial charge is 0.468 e. The quantitative estimate of drug-likeness (QED) is 0.695. The number of carbonyl (C=O) groups excluding carboxylic acids is 2. The van der Waals surface area contributed by atoms with E-state index in [1.54, 1.807) is 4.90 Å². The standard InChI is InChI=1S/C25H36N2O4/c1-5-10-25(12-14-30-23(2,3)16-25)11-13-27-22(29)20(21(26)28)18-15-24(27,4)31-19-9-7-6-8-17(18)19/h6-9,18,20H,5,10-16H2,1-4H3,(H2,26,28)/t18-,20+,24+,25+/m0/s1. The predicted molar refractivity (Wildman–Crippen MR) is 118 cm³/mol. The maximum Gasteiger partial charge on any atom is 0.238 e. The molecule has 6 heteroatoms. The fraction of sp³-hybridized carbons (Fsp3) is 0.680. The lowest BCUT2D eigenvalue weighted by Crippen LogP contribution is -2.65. The van der Waals surface area contributed by atoms with Gasteiger partial charge in [-0.1, -0.05) is 31.5 Å². The number of ether oxygens (including phenoxy) is 2. The van der Waals surface area contributed by atoms with Gasteiger partial charge >= 0.3 is 0 Å². The molecule has 0 aromatic heterocycles. The third-order valence-corrected chi connectivity index (χ3v) is 7.63. The van der Waals surface area contributed by atoms with Crippen molar-refractivity contribution in [3.63, 3.8) is 0 Å². The Bertz CT molecular complexity index is 865. The van der Waals surface area contributed by atoms with E-state index in [0.717, 1.165) is 50.0 Å². The van der Waals surface area contributed by atoms with Gasteiger partial charge < -0.3 is 20.1 Å². The monoisotopic (exact) mass is 428 g/mol. The highest BCUT2D eigenvalue weighted by Gasteiger charge is 2.56. The molecule has 1 aromatic rings. The van der Waals surface area contributed by atoms with Gasteiger partial charge in [-0.25, -0.2) is 0 Å². The second kappa shape index (κ2) is 7.80. The maximum absolute atomic E-state index is 13.6. The van der Waals surface area contributed by atoms with Crippen molar-refractivity contribution < 1.29 is 19.1 Å². The van der Waals surface area contributed by atoms with Crippen LogP contribution in [0, 0.1) is 11.3 Å². The number of nitrogens with two attached hydrogens (primary N) is 1. The number of fused-ring (bicyclic) bond motifs is 4. The molecule has 2 fully saturated rings. The van der Waals surface area contributed by atoms with Crippen LogP contribution in [0.15, 0.2) is 24.3 Å². The average molecular weight is 429 g/mol. The first-order valence-corrected chi connectivity index (χ1v) is 11.6. The number of primary amides is 1. The van der Waals surface area contributed by atoms with Crippen LogP contribution >= 0.6 is 0 Å². The molecule has 4 rings (SSSR count). The summed E-state index contributed by atoms with van der Waals surface area (Å²) in [4.78, 5) is 27.8. The molecule has 3 heterocycles. The lowest BCUT2D eigenvalue weighted by Gasteiger charge is -2.54. The van der Waals surface area contributed by atoms with E-state index in [9.17, 15) is 9.59 Å². The topological polar surface area (TPSA) is 81.9 Å². The molecular weight excluding hydrogens is 392 g/mol. The minimum Gasteiger partial charge on any atom is -0.468 e. The van der Waals surface area contributed by atoms with Crippen LogP contribution in [-0.4, -0.2) is 41.2 Å². The van der Waals surface area contributed by atoms with Crippen LogP contribution in [0.5, 0.6) is 5.75 Å². The SMILES string of the molecule is CCC[C@@]1(CCN2C(=O)[C@@H](C(N)=O)[C@H]3C[C@@]2(C)Oc2ccccc23)CCOC(C)(C)C1. The lowest BCUT2D eigenvalue weighted by molar-refractivity contribution is -0.178. The van der Waals surface area contributed by atoms with Gasteiger partial charge in [0.15, 0.2) is 5.72 Å². The van der Waals surface area contributed by atoms with E-state index in [1.165, 1.54) is 0 Å². The molecule has 0 spiro atoms. The third kappa shape index (κ3) is 3.95. The molecule has 0 saturated carbocycles. The van der Waals surface area contributed by atoms with Crippen molar-refractivity contribution in [1.82, 2.24) is 4.90 Å². The first kappa shape index (κ1) is 22.1. The van der Waals surface area contributed by atoms with E-state index in [2.05, 4.69) is 20.8 Å². The molecule has 31 heavy (non-hydrogen) atoms. The lowest BCUT2D eigenvalue weighted by atomic mass is 9.68. The van der Waals surface area contributed by atoms with Gasteiger partial charge in [-0.3, -0.25) is 9.59 Å². The van der Waals surface area contributed by atoms with E-state index in [4.69, 9.17) is 15.2 Å². The number of para-hydroxylation sites is 1. The van der Waals surface area contributed by atoms with Crippen molar-refractivity contribution >= 4 is 11.8 Å². The fourth-order valence-corrected chi connectivity index (χ4v) is 6.40. The molecule has 1 aromatic carbocycles. The number of amides is 2. The van der Waals surface area contributed by atoms with Crippen molar-refractivity contribution in [2.45, 2.75) is 83.5 Å². The van der Waals surface area contributed by atoms with Crippen LogP contribution in [0.25, 0.3) is 0 Å². The minimum absolute atomic E-state index is 0.124. The summed E-state index contributed by atoms with van der Waals surface area (Å²) >= 11 is 0. The fourth-order valence-electron chi connectivity index (χ4n) is 6.40. The van der Waals surface area contributed by atoms with Gasteiger partial charge in [0.2, 0.25) is 11.8 Å². The molecule has 2 bridgehead atoms. The van der Waals surface area contributed by atoms with E-state index >= 15 is 0 Å². The normalized spacial score (nSPS) is 34.1. The Labute approximate surface area is 185 Å². The Hall–Kier alpha value is -2.08. The molecule has 0 radical (unpaired) electrons. The molecule has 0 unspecified atom stereocenters. The molecular formula is C25H36N2O4. The third-order valence-electron chi connectivity index (χ3n) is 7.63. The smallest absolute Gasteiger partial charge is 0.238 e. The first-order chi connectivity index (χ1) is 14.6. The summed E-state index contributed by atoms with van der Waals surface area (Å²) in [5, 5.41) is 0. The van der Waals surface area contributed by atoms with Gasteiger partial charge in [0.1, 0.15) is 11.7 Å². The van der Waals surface area contributed by atoms with Crippen molar-refractivity contribution in [3.8, 4) is 5.75 Å². The summed E-state index contributed by atoms with van der Waals surface area (Å²) in [5.74, 6) is -1.07. The number of piperidine rings is 1. The van der Waals surface area contributed by atoms with Crippen molar-refractivity contribution in [3.05, 3.63) is 29.8 Å². The number of hydrogen-bond donors (Lipinski definition) is 1. The van der Waals surface area contributed by atoms with Crippen LogP contribution < -0.4 is 10.5 Å². The Balaban J connectivity index is 1.63. The number of benzene rings is 1. The van der Waals surface area contributed by atoms with E-state index in [1.807, 2.05) is 31.2 Å². The molecule has 2 saturated heterocycles. The Morgan fingerprint density at radius 3 is 2.65 bits per heavy atom. The van der Waals surface area contributed by atoms with Gasteiger partial charge in [-0.15, -0.1) is 0 Å². The van der Waals surface area contributed by atoms with Gasteiger partial charge in [0, 0.05) is 25.5 Å². The zero-order chi connectivity index (χ0) is 22.4. The summed E-state index contributed by atoms with van der Waals surface area (Å²) < 4.78 is 12.4.